The molecule has 1 aliphatic carbocycles. The molecular formula is C15H20N2O2S2. The van der Waals surface area contributed by atoms with Gasteiger partial charge < -0.3 is 5.73 Å². The molecule has 114 valence electrons. The van der Waals surface area contributed by atoms with Crippen molar-refractivity contribution in [2.75, 3.05) is 6.54 Å². The molecule has 0 bridgehead atoms. The van der Waals surface area contributed by atoms with E-state index in [4.69, 9.17) is 5.73 Å². The van der Waals surface area contributed by atoms with Gasteiger partial charge in [0, 0.05) is 28.1 Å². The van der Waals surface area contributed by atoms with Gasteiger partial charge >= 0.3 is 0 Å². The van der Waals surface area contributed by atoms with E-state index in [1.165, 1.54) is 24.2 Å². The van der Waals surface area contributed by atoms with Crippen LogP contribution in [0.1, 0.15) is 30.6 Å². The number of nitrogens with two attached hydrogens (primary N) is 1. The van der Waals surface area contributed by atoms with Crippen molar-refractivity contribution < 1.29 is 8.42 Å². The maximum absolute atomic E-state index is 12.6. The van der Waals surface area contributed by atoms with E-state index in [1.54, 1.807) is 0 Å². The van der Waals surface area contributed by atoms with Crippen molar-refractivity contribution in [2.24, 2.45) is 11.7 Å². The highest BCUT2D eigenvalue weighted by Crippen LogP contribution is 2.35. The topological polar surface area (TPSA) is 72.2 Å². The smallest absolute Gasteiger partial charge is 0.242 e. The number of hydrogen-bond acceptors (Lipinski definition) is 4. The maximum atomic E-state index is 12.6. The molecule has 0 radical (unpaired) electrons. The number of rotatable bonds is 7. The summed E-state index contributed by atoms with van der Waals surface area (Å²) in [6.07, 6.45) is 4.64. The van der Waals surface area contributed by atoms with Gasteiger partial charge in [0.25, 0.3) is 0 Å². The molecule has 1 saturated carbocycles. The lowest BCUT2D eigenvalue weighted by atomic mass is 10.2. The summed E-state index contributed by atoms with van der Waals surface area (Å²) in [5.74, 6) is 0.830. The average molecular weight is 324 g/mol. The number of sulfonamides is 1. The highest BCUT2D eigenvalue weighted by atomic mass is 32.2. The highest BCUT2D eigenvalue weighted by Gasteiger charge is 2.24. The molecule has 0 aliphatic heterocycles. The molecule has 6 heteroatoms. The van der Waals surface area contributed by atoms with E-state index in [1.807, 2.05) is 24.3 Å². The third-order valence-electron chi connectivity index (χ3n) is 3.85. The molecule has 0 spiro atoms. The standard InChI is InChI=1S/C15H20N2O2S2/c16-10-14-15(12-5-1-2-6-13(12)20-14)21(18,19)17-9-3-4-11-7-8-11/h1-2,5-6,11,17H,3-4,7-10,16H2. The van der Waals surface area contributed by atoms with Gasteiger partial charge in [0.15, 0.2) is 0 Å². The van der Waals surface area contributed by atoms with Crippen LogP contribution in [0.15, 0.2) is 29.2 Å². The molecule has 1 aliphatic rings. The van der Waals surface area contributed by atoms with Crippen LogP contribution in [0.4, 0.5) is 0 Å². The first-order valence-electron chi connectivity index (χ1n) is 7.32. The lowest BCUT2D eigenvalue weighted by Gasteiger charge is -2.07. The van der Waals surface area contributed by atoms with Crippen LogP contribution in [0.2, 0.25) is 0 Å². The second kappa shape index (κ2) is 6.04. The van der Waals surface area contributed by atoms with Crippen LogP contribution < -0.4 is 10.5 Å². The van der Waals surface area contributed by atoms with Crippen molar-refractivity contribution in [1.82, 2.24) is 4.72 Å². The van der Waals surface area contributed by atoms with Gasteiger partial charge in [-0.25, -0.2) is 13.1 Å². The molecular weight excluding hydrogens is 304 g/mol. The van der Waals surface area contributed by atoms with Crippen LogP contribution in [-0.2, 0) is 16.6 Å². The summed E-state index contributed by atoms with van der Waals surface area (Å²) in [7, 11) is -3.48. The van der Waals surface area contributed by atoms with Crippen molar-refractivity contribution in [3.8, 4) is 0 Å². The fourth-order valence-corrected chi connectivity index (χ4v) is 5.48. The van der Waals surface area contributed by atoms with Crippen LogP contribution in [0.3, 0.4) is 0 Å². The molecule has 2 aromatic rings. The van der Waals surface area contributed by atoms with Crippen molar-refractivity contribution in [1.29, 1.82) is 0 Å². The molecule has 1 aromatic carbocycles. The fourth-order valence-electron chi connectivity index (χ4n) is 2.58. The minimum atomic E-state index is -3.48. The van der Waals surface area contributed by atoms with Gasteiger partial charge in [0.1, 0.15) is 4.90 Å². The molecule has 0 amide bonds. The zero-order chi connectivity index (χ0) is 14.9. The van der Waals surface area contributed by atoms with E-state index in [2.05, 4.69) is 4.72 Å². The number of nitrogens with one attached hydrogen (secondary N) is 1. The van der Waals surface area contributed by atoms with Crippen LogP contribution in [0, 0.1) is 5.92 Å². The predicted octanol–water partition coefficient (Wildman–Crippen LogP) is 2.83. The zero-order valence-electron chi connectivity index (χ0n) is 11.8. The van der Waals surface area contributed by atoms with Crippen LogP contribution in [0.5, 0.6) is 0 Å². The normalized spacial score (nSPS) is 15.7. The fraction of sp³-hybridized carbons (Fsp3) is 0.467. The Labute approximate surface area is 129 Å². The summed E-state index contributed by atoms with van der Waals surface area (Å²) in [6, 6.07) is 7.56. The van der Waals surface area contributed by atoms with Gasteiger partial charge in [0.05, 0.1) is 0 Å². The van der Waals surface area contributed by atoms with Crippen LogP contribution in [0.25, 0.3) is 10.1 Å². The van der Waals surface area contributed by atoms with Gasteiger partial charge in [-0.1, -0.05) is 31.0 Å². The van der Waals surface area contributed by atoms with Crippen LogP contribution in [-0.4, -0.2) is 15.0 Å². The lowest BCUT2D eigenvalue weighted by Crippen LogP contribution is -2.25. The molecule has 1 heterocycles. The SMILES string of the molecule is NCc1sc2ccccc2c1S(=O)(=O)NCCCC1CC1. The summed E-state index contributed by atoms with van der Waals surface area (Å²) in [4.78, 5) is 1.10. The van der Waals surface area contributed by atoms with Crippen LogP contribution >= 0.6 is 11.3 Å². The number of hydrogen-bond donors (Lipinski definition) is 2. The lowest BCUT2D eigenvalue weighted by molar-refractivity contribution is 0.573. The number of fused-ring (bicyclic) bond motifs is 1. The van der Waals surface area contributed by atoms with Gasteiger partial charge in [-0.15, -0.1) is 11.3 Å². The molecule has 3 rings (SSSR count). The summed E-state index contributed by atoms with van der Waals surface area (Å²) in [6.45, 7) is 0.755. The number of thiophene rings is 1. The summed E-state index contributed by atoms with van der Waals surface area (Å²) in [5, 5.41) is 0.776. The molecule has 1 aromatic heterocycles. The second-order valence-corrected chi connectivity index (χ2v) is 8.38. The third-order valence-corrected chi connectivity index (χ3v) is 6.76. The van der Waals surface area contributed by atoms with E-state index < -0.39 is 10.0 Å². The van der Waals surface area contributed by atoms with Gasteiger partial charge in [0.2, 0.25) is 10.0 Å². The molecule has 0 unspecified atom stereocenters. The van der Waals surface area contributed by atoms with E-state index in [0.717, 1.165) is 33.7 Å². The Kier molecular flexibility index (Phi) is 4.31. The maximum Gasteiger partial charge on any atom is 0.242 e. The third kappa shape index (κ3) is 3.29. The van der Waals surface area contributed by atoms with Crippen molar-refractivity contribution in [2.45, 2.75) is 37.1 Å². The average Bonchev–Trinajstić information content (AvgIpc) is 3.21. The van der Waals surface area contributed by atoms with E-state index >= 15 is 0 Å². The van der Waals surface area contributed by atoms with E-state index in [9.17, 15) is 8.42 Å². The van der Waals surface area contributed by atoms with E-state index in [-0.39, 0.29) is 6.54 Å². The molecule has 4 nitrogen and oxygen atoms in total. The molecule has 3 N–H and O–H groups in total. The first-order chi connectivity index (χ1) is 10.1. The summed E-state index contributed by atoms with van der Waals surface area (Å²) >= 11 is 1.46. The summed E-state index contributed by atoms with van der Waals surface area (Å²) < 4.78 is 28.9. The van der Waals surface area contributed by atoms with Gasteiger partial charge in [-0.3, -0.25) is 0 Å². The Morgan fingerprint density at radius 3 is 2.76 bits per heavy atom. The molecule has 21 heavy (non-hydrogen) atoms. The first-order valence-corrected chi connectivity index (χ1v) is 9.62. The minimum Gasteiger partial charge on any atom is -0.326 e. The number of benzene rings is 1. The minimum absolute atomic E-state index is 0.248. The monoisotopic (exact) mass is 324 g/mol. The Balaban J connectivity index is 1.82. The zero-order valence-corrected chi connectivity index (χ0v) is 13.5. The Bertz CT molecular complexity index is 733. The Morgan fingerprint density at radius 2 is 2.05 bits per heavy atom. The predicted molar refractivity (Wildman–Crippen MR) is 86.9 cm³/mol. The van der Waals surface area contributed by atoms with Crippen molar-refractivity contribution in [3.05, 3.63) is 29.1 Å². The second-order valence-electron chi connectivity index (χ2n) is 5.54. The largest absolute Gasteiger partial charge is 0.326 e. The highest BCUT2D eigenvalue weighted by molar-refractivity contribution is 7.90. The van der Waals surface area contributed by atoms with Crippen molar-refractivity contribution in [3.63, 3.8) is 0 Å². The van der Waals surface area contributed by atoms with Gasteiger partial charge in [-0.2, -0.15) is 0 Å². The van der Waals surface area contributed by atoms with E-state index in [0.29, 0.717) is 11.4 Å². The molecule has 0 saturated heterocycles. The quantitative estimate of drug-likeness (QED) is 0.769. The Morgan fingerprint density at radius 1 is 1.29 bits per heavy atom. The molecule has 0 atom stereocenters. The van der Waals surface area contributed by atoms with Gasteiger partial charge in [-0.05, 0) is 24.8 Å². The van der Waals surface area contributed by atoms with Crippen molar-refractivity contribution >= 4 is 31.4 Å². The summed E-state index contributed by atoms with van der Waals surface area (Å²) in [5.41, 5.74) is 5.73. The Hall–Kier alpha value is -0.950. The first kappa shape index (κ1) is 15.0. The molecule has 1 fully saturated rings.